The van der Waals surface area contributed by atoms with Crippen LogP contribution in [0.15, 0.2) is 12.1 Å². The Morgan fingerprint density at radius 2 is 1.85 bits per heavy atom. The van der Waals surface area contributed by atoms with Crippen molar-refractivity contribution < 1.29 is 13.2 Å². The molecule has 0 aliphatic heterocycles. The minimum absolute atomic E-state index is 0.0594. The summed E-state index contributed by atoms with van der Waals surface area (Å²) >= 11 is 0. The van der Waals surface area contributed by atoms with Crippen molar-refractivity contribution in [3.63, 3.8) is 0 Å². The average Bonchev–Trinajstić information content (AvgIpc) is 2.26. The van der Waals surface area contributed by atoms with E-state index in [0.717, 1.165) is 31.4 Å². The quantitative estimate of drug-likeness (QED) is 0.820. The molecule has 0 spiro atoms. The molecule has 0 aliphatic rings. The van der Waals surface area contributed by atoms with Gasteiger partial charge in [0, 0.05) is 6.04 Å². The molecular formula is C14H22F3N3. The highest BCUT2D eigenvalue weighted by atomic mass is 19.4. The van der Waals surface area contributed by atoms with E-state index in [-0.39, 0.29) is 17.7 Å². The summed E-state index contributed by atoms with van der Waals surface area (Å²) in [5, 5.41) is 2.98. The van der Waals surface area contributed by atoms with Crippen molar-refractivity contribution in [1.82, 2.24) is 4.98 Å². The molecule has 1 aromatic rings. The van der Waals surface area contributed by atoms with Gasteiger partial charge in [0.05, 0.1) is 5.56 Å². The molecule has 6 heteroatoms. The second-order valence-electron chi connectivity index (χ2n) is 5.53. The highest BCUT2D eigenvalue weighted by Crippen LogP contribution is 2.31. The molecule has 1 heterocycles. The van der Waals surface area contributed by atoms with Crippen LogP contribution in [0.25, 0.3) is 0 Å². The molecule has 0 bridgehead atoms. The summed E-state index contributed by atoms with van der Waals surface area (Å²) < 4.78 is 38.0. The van der Waals surface area contributed by atoms with Crippen LogP contribution in [-0.4, -0.2) is 11.0 Å². The minimum Gasteiger partial charge on any atom is -0.384 e. The second kappa shape index (κ2) is 6.81. The van der Waals surface area contributed by atoms with Crippen LogP contribution < -0.4 is 11.1 Å². The Hall–Kier alpha value is -1.46. The molecule has 3 nitrogen and oxygen atoms in total. The maximum atomic E-state index is 12.7. The fourth-order valence-corrected chi connectivity index (χ4v) is 1.95. The van der Waals surface area contributed by atoms with Gasteiger partial charge in [0.25, 0.3) is 0 Å². The van der Waals surface area contributed by atoms with Crippen LogP contribution >= 0.6 is 0 Å². The lowest BCUT2D eigenvalue weighted by Crippen LogP contribution is -2.17. The molecule has 0 amide bonds. The van der Waals surface area contributed by atoms with E-state index in [2.05, 4.69) is 24.1 Å². The topological polar surface area (TPSA) is 50.9 Å². The zero-order valence-electron chi connectivity index (χ0n) is 12.1. The third-order valence-corrected chi connectivity index (χ3v) is 2.99. The van der Waals surface area contributed by atoms with Crippen LogP contribution in [0, 0.1) is 5.92 Å². The van der Waals surface area contributed by atoms with Gasteiger partial charge < -0.3 is 11.1 Å². The van der Waals surface area contributed by atoms with E-state index in [1.807, 2.05) is 6.92 Å². The van der Waals surface area contributed by atoms with E-state index in [1.165, 1.54) is 0 Å². The highest BCUT2D eigenvalue weighted by molar-refractivity contribution is 5.47. The molecule has 0 saturated heterocycles. The maximum absolute atomic E-state index is 12.7. The second-order valence-corrected chi connectivity index (χ2v) is 5.53. The van der Waals surface area contributed by atoms with E-state index in [9.17, 15) is 13.2 Å². The monoisotopic (exact) mass is 289 g/mol. The van der Waals surface area contributed by atoms with Gasteiger partial charge in [-0.1, -0.05) is 26.7 Å². The molecule has 1 rings (SSSR count). The van der Waals surface area contributed by atoms with Crippen LogP contribution in [0.1, 0.15) is 45.6 Å². The third-order valence-electron chi connectivity index (χ3n) is 2.99. The van der Waals surface area contributed by atoms with Crippen molar-refractivity contribution in [1.29, 1.82) is 0 Å². The van der Waals surface area contributed by atoms with Crippen LogP contribution in [-0.2, 0) is 6.18 Å². The summed E-state index contributed by atoms with van der Waals surface area (Å²) in [6, 6.07) is 1.90. The van der Waals surface area contributed by atoms with Gasteiger partial charge in [-0.2, -0.15) is 13.2 Å². The van der Waals surface area contributed by atoms with Crippen molar-refractivity contribution in [3.05, 3.63) is 17.7 Å². The molecule has 1 aromatic heterocycles. The van der Waals surface area contributed by atoms with Crippen LogP contribution in [0.4, 0.5) is 24.8 Å². The lowest BCUT2D eigenvalue weighted by Gasteiger charge is -2.17. The molecule has 0 radical (unpaired) electrons. The largest absolute Gasteiger partial charge is 0.416 e. The van der Waals surface area contributed by atoms with E-state index < -0.39 is 11.7 Å². The van der Waals surface area contributed by atoms with Gasteiger partial charge in [0.15, 0.2) is 0 Å². The first-order chi connectivity index (χ1) is 9.18. The smallest absolute Gasteiger partial charge is 0.384 e. The fraction of sp³-hybridized carbons (Fsp3) is 0.643. The van der Waals surface area contributed by atoms with E-state index >= 15 is 0 Å². The Balaban J connectivity index is 2.65. The van der Waals surface area contributed by atoms with Crippen molar-refractivity contribution in [2.45, 2.75) is 52.3 Å². The molecule has 1 unspecified atom stereocenters. The number of alkyl halides is 3. The first-order valence-corrected chi connectivity index (χ1v) is 6.79. The molecule has 0 fully saturated rings. The first-order valence-electron chi connectivity index (χ1n) is 6.79. The lowest BCUT2D eigenvalue weighted by molar-refractivity contribution is -0.137. The minimum atomic E-state index is -4.41. The Labute approximate surface area is 117 Å². The summed E-state index contributed by atoms with van der Waals surface area (Å²) in [6.07, 6.45) is -1.39. The number of nitrogen functional groups attached to an aromatic ring is 1. The van der Waals surface area contributed by atoms with Crippen molar-refractivity contribution in [3.8, 4) is 0 Å². The van der Waals surface area contributed by atoms with Gasteiger partial charge in [-0.3, -0.25) is 0 Å². The van der Waals surface area contributed by atoms with Gasteiger partial charge >= 0.3 is 6.18 Å². The van der Waals surface area contributed by atoms with Crippen molar-refractivity contribution in [2.24, 2.45) is 5.92 Å². The van der Waals surface area contributed by atoms with Crippen molar-refractivity contribution >= 4 is 11.6 Å². The number of aromatic nitrogens is 1. The van der Waals surface area contributed by atoms with Crippen LogP contribution in [0.3, 0.4) is 0 Å². The molecule has 1 atom stereocenters. The van der Waals surface area contributed by atoms with Gasteiger partial charge in [-0.25, -0.2) is 4.98 Å². The molecule has 114 valence electrons. The number of anilines is 2. The molecule has 0 aromatic carbocycles. The number of rotatable bonds is 6. The number of hydrogen-bond acceptors (Lipinski definition) is 3. The van der Waals surface area contributed by atoms with Gasteiger partial charge in [0.2, 0.25) is 0 Å². The predicted octanol–water partition coefficient (Wildman–Crippen LogP) is 4.31. The highest BCUT2D eigenvalue weighted by Gasteiger charge is 2.31. The summed E-state index contributed by atoms with van der Waals surface area (Å²) in [7, 11) is 0. The Bertz CT molecular complexity index is 430. The molecular weight excluding hydrogens is 267 g/mol. The Kier molecular flexibility index (Phi) is 5.65. The fourth-order valence-electron chi connectivity index (χ4n) is 1.95. The predicted molar refractivity (Wildman–Crippen MR) is 75.4 cm³/mol. The molecule has 3 N–H and O–H groups in total. The number of pyridine rings is 1. The van der Waals surface area contributed by atoms with Crippen LogP contribution in [0.2, 0.25) is 0 Å². The zero-order valence-corrected chi connectivity index (χ0v) is 12.1. The number of halogens is 3. The zero-order chi connectivity index (χ0) is 15.3. The first kappa shape index (κ1) is 16.6. The number of nitrogens with two attached hydrogens (primary N) is 1. The summed E-state index contributed by atoms with van der Waals surface area (Å²) in [5.74, 6) is 0.676. The van der Waals surface area contributed by atoms with Gasteiger partial charge in [-0.15, -0.1) is 0 Å². The average molecular weight is 289 g/mol. The van der Waals surface area contributed by atoms with E-state index in [4.69, 9.17) is 5.73 Å². The van der Waals surface area contributed by atoms with Crippen LogP contribution in [0.5, 0.6) is 0 Å². The van der Waals surface area contributed by atoms with E-state index in [1.54, 1.807) is 0 Å². The molecule has 0 saturated carbocycles. The summed E-state index contributed by atoms with van der Waals surface area (Å²) in [5.41, 5.74) is 4.64. The Morgan fingerprint density at radius 3 is 2.40 bits per heavy atom. The molecule has 20 heavy (non-hydrogen) atoms. The van der Waals surface area contributed by atoms with E-state index in [0.29, 0.717) is 5.92 Å². The standard InChI is InChI=1S/C14H22F3N3/c1-9(2)5-4-6-10(3)19-13-8-11(14(15,16)17)7-12(18)20-13/h7-10H,4-6H2,1-3H3,(H3,18,19,20). The van der Waals surface area contributed by atoms with Crippen molar-refractivity contribution in [2.75, 3.05) is 11.1 Å². The molecule has 0 aliphatic carbocycles. The number of nitrogens with zero attached hydrogens (tertiary/aromatic N) is 1. The number of nitrogens with one attached hydrogen (secondary N) is 1. The third kappa shape index (κ3) is 5.67. The Morgan fingerprint density at radius 1 is 1.20 bits per heavy atom. The summed E-state index contributed by atoms with van der Waals surface area (Å²) in [6.45, 7) is 6.22. The summed E-state index contributed by atoms with van der Waals surface area (Å²) in [4.78, 5) is 3.90. The lowest BCUT2D eigenvalue weighted by atomic mass is 10.0. The van der Waals surface area contributed by atoms with Gasteiger partial charge in [-0.05, 0) is 31.4 Å². The normalized spacial score (nSPS) is 13.6. The number of hydrogen-bond donors (Lipinski definition) is 2. The van der Waals surface area contributed by atoms with Gasteiger partial charge in [0.1, 0.15) is 11.6 Å². The maximum Gasteiger partial charge on any atom is 0.416 e. The SMILES string of the molecule is CC(C)CCCC(C)Nc1cc(C(F)(F)F)cc(N)n1.